The number of hydrogen-bond acceptors (Lipinski definition) is 3. The first-order chi connectivity index (χ1) is 9.41. The second-order valence-corrected chi connectivity index (χ2v) is 6.58. The predicted molar refractivity (Wildman–Crippen MR) is 81.4 cm³/mol. The van der Waals surface area contributed by atoms with Crippen LogP contribution in [0.4, 0.5) is 5.82 Å². The molecule has 1 unspecified atom stereocenters. The summed E-state index contributed by atoms with van der Waals surface area (Å²) in [5.74, 6) is 1.59. The third-order valence-electron chi connectivity index (χ3n) is 4.04. The molecule has 110 valence electrons. The summed E-state index contributed by atoms with van der Waals surface area (Å²) in [6.45, 7) is 11.0. The highest BCUT2D eigenvalue weighted by Crippen LogP contribution is 2.35. The summed E-state index contributed by atoms with van der Waals surface area (Å²) < 4.78 is 0. The molecule has 1 fully saturated rings. The first kappa shape index (κ1) is 14.8. The Hall–Kier alpha value is -1.58. The second kappa shape index (κ2) is 5.81. The van der Waals surface area contributed by atoms with Crippen molar-refractivity contribution >= 4 is 11.7 Å². The summed E-state index contributed by atoms with van der Waals surface area (Å²) in [7, 11) is 0. The molecular formula is C16H25N3O. The average Bonchev–Trinajstić information content (AvgIpc) is 2.74. The van der Waals surface area contributed by atoms with Gasteiger partial charge in [-0.3, -0.25) is 4.79 Å². The molecule has 1 N–H and O–H groups in total. The van der Waals surface area contributed by atoms with Gasteiger partial charge < -0.3 is 10.2 Å². The van der Waals surface area contributed by atoms with Gasteiger partial charge in [0.15, 0.2) is 0 Å². The van der Waals surface area contributed by atoms with Gasteiger partial charge in [-0.1, -0.05) is 26.8 Å². The van der Waals surface area contributed by atoms with E-state index in [2.05, 4.69) is 38.0 Å². The van der Waals surface area contributed by atoms with E-state index in [0.29, 0.717) is 18.9 Å². The lowest BCUT2D eigenvalue weighted by Gasteiger charge is -2.26. The molecule has 4 heteroatoms. The van der Waals surface area contributed by atoms with Gasteiger partial charge in [0, 0.05) is 37.8 Å². The van der Waals surface area contributed by atoms with Crippen LogP contribution in [0.25, 0.3) is 0 Å². The zero-order valence-electron chi connectivity index (χ0n) is 12.9. The molecule has 20 heavy (non-hydrogen) atoms. The zero-order valence-corrected chi connectivity index (χ0v) is 12.9. The highest BCUT2D eigenvalue weighted by atomic mass is 16.2. The van der Waals surface area contributed by atoms with Crippen molar-refractivity contribution in [3.8, 4) is 0 Å². The van der Waals surface area contributed by atoms with E-state index in [-0.39, 0.29) is 11.3 Å². The first-order valence-electron chi connectivity index (χ1n) is 7.37. The Morgan fingerprint density at radius 2 is 2.20 bits per heavy atom. The standard InChI is InChI=1S/C16H25N3O/c1-5-17-15-12(7-6-8-18-15)10-19-11-13(9-14(19)20)16(2,3)4/h6-8,13H,5,9-11H2,1-4H3,(H,17,18). The van der Waals surface area contributed by atoms with Crippen molar-refractivity contribution in [2.75, 3.05) is 18.4 Å². The molecule has 1 saturated heterocycles. The molecule has 1 aromatic rings. The summed E-state index contributed by atoms with van der Waals surface area (Å²) in [5.41, 5.74) is 1.28. The van der Waals surface area contributed by atoms with Crippen LogP contribution in [0.15, 0.2) is 18.3 Å². The lowest BCUT2D eigenvalue weighted by atomic mass is 9.80. The summed E-state index contributed by atoms with van der Waals surface area (Å²) in [5, 5.41) is 3.26. The maximum atomic E-state index is 12.2. The lowest BCUT2D eigenvalue weighted by Crippen LogP contribution is -2.27. The Morgan fingerprint density at radius 1 is 1.45 bits per heavy atom. The molecule has 1 aliphatic rings. The average molecular weight is 275 g/mol. The van der Waals surface area contributed by atoms with Crippen molar-refractivity contribution < 1.29 is 4.79 Å². The van der Waals surface area contributed by atoms with Gasteiger partial charge in [0.25, 0.3) is 0 Å². The second-order valence-electron chi connectivity index (χ2n) is 6.58. The number of carbonyl (C=O) groups is 1. The summed E-state index contributed by atoms with van der Waals surface area (Å²) in [6, 6.07) is 3.97. The number of pyridine rings is 1. The zero-order chi connectivity index (χ0) is 14.8. The van der Waals surface area contributed by atoms with Gasteiger partial charge in [-0.2, -0.15) is 0 Å². The maximum Gasteiger partial charge on any atom is 0.223 e. The molecule has 2 rings (SSSR count). The third kappa shape index (κ3) is 3.30. The van der Waals surface area contributed by atoms with Crippen molar-refractivity contribution in [2.45, 2.75) is 40.7 Å². The normalized spacial score (nSPS) is 19.5. The minimum atomic E-state index is 0.184. The fraction of sp³-hybridized carbons (Fsp3) is 0.625. The lowest BCUT2D eigenvalue weighted by molar-refractivity contribution is -0.128. The van der Waals surface area contributed by atoms with Crippen LogP contribution in [0.3, 0.4) is 0 Å². The van der Waals surface area contributed by atoms with Gasteiger partial charge >= 0.3 is 0 Å². The Bertz CT molecular complexity index is 479. The van der Waals surface area contributed by atoms with E-state index in [4.69, 9.17) is 0 Å². The van der Waals surface area contributed by atoms with Crippen molar-refractivity contribution in [3.05, 3.63) is 23.9 Å². The Labute approximate surface area is 121 Å². The Kier molecular flexibility index (Phi) is 4.31. The number of carbonyl (C=O) groups excluding carboxylic acids is 1. The number of rotatable bonds is 4. The molecule has 1 amide bonds. The van der Waals surface area contributed by atoms with E-state index in [1.165, 1.54) is 0 Å². The molecular weight excluding hydrogens is 250 g/mol. The number of anilines is 1. The number of nitrogens with zero attached hydrogens (tertiary/aromatic N) is 2. The molecule has 0 saturated carbocycles. The molecule has 1 atom stereocenters. The quantitative estimate of drug-likeness (QED) is 0.919. The highest BCUT2D eigenvalue weighted by molar-refractivity contribution is 5.79. The molecule has 2 heterocycles. The van der Waals surface area contributed by atoms with E-state index in [0.717, 1.165) is 24.5 Å². The molecule has 0 aromatic carbocycles. The number of nitrogens with one attached hydrogen (secondary N) is 1. The monoisotopic (exact) mass is 275 g/mol. The molecule has 1 aliphatic heterocycles. The Balaban J connectivity index is 2.09. The van der Waals surface area contributed by atoms with Crippen molar-refractivity contribution in [1.82, 2.24) is 9.88 Å². The molecule has 1 aromatic heterocycles. The van der Waals surface area contributed by atoms with E-state index in [1.807, 2.05) is 17.0 Å². The van der Waals surface area contributed by atoms with Crippen LogP contribution in [0.5, 0.6) is 0 Å². The van der Waals surface area contributed by atoms with Crippen LogP contribution in [-0.2, 0) is 11.3 Å². The molecule has 0 spiro atoms. The number of likely N-dealkylation sites (tertiary alicyclic amines) is 1. The number of aromatic nitrogens is 1. The van der Waals surface area contributed by atoms with E-state index in [1.54, 1.807) is 6.20 Å². The van der Waals surface area contributed by atoms with E-state index < -0.39 is 0 Å². The molecule has 0 bridgehead atoms. The van der Waals surface area contributed by atoms with Crippen LogP contribution in [0.1, 0.15) is 39.7 Å². The Morgan fingerprint density at radius 3 is 2.80 bits per heavy atom. The summed E-state index contributed by atoms with van der Waals surface area (Å²) in [4.78, 5) is 18.5. The van der Waals surface area contributed by atoms with E-state index in [9.17, 15) is 4.79 Å². The number of amides is 1. The molecule has 0 radical (unpaired) electrons. The van der Waals surface area contributed by atoms with Gasteiger partial charge in [0.1, 0.15) is 5.82 Å². The summed E-state index contributed by atoms with van der Waals surface area (Å²) >= 11 is 0. The number of hydrogen-bond donors (Lipinski definition) is 1. The van der Waals surface area contributed by atoms with Gasteiger partial charge in [-0.15, -0.1) is 0 Å². The van der Waals surface area contributed by atoms with Crippen molar-refractivity contribution in [1.29, 1.82) is 0 Å². The first-order valence-corrected chi connectivity index (χ1v) is 7.37. The SMILES string of the molecule is CCNc1ncccc1CN1CC(C(C)(C)C)CC1=O. The minimum absolute atomic E-state index is 0.184. The third-order valence-corrected chi connectivity index (χ3v) is 4.04. The summed E-state index contributed by atoms with van der Waals surface area (Å²) in [6.07, 6.45) is 2.45. The minimum Gasteiger partial charge on any atom is -0.370 e. The smallest absolute Gasteiger partial charge is 0.223 e. The van der Waals surface area contributed by atoms with Crippen molar-refractivity contribution in [2.24, 2.45) is 11.3 Å². The van der Waals surface area contributed by atoms with Crippen LogP contribution >= 0.6 is 0 Å². The van der Waals surface area contributed by atoms with Crippen LogP contribution in [0, 0.1) is 11.3 Å². The molecule has 4 nitrogen and oxygen atoms in total. The maximum absolute atomic E-state index is 12.2. The topological polar surface area (TPSA) is 45.2 Å². The van der Waals surface area contributed by atoms with Crippen LogP contribution in [-0.4, -0.2) is 28.9 Å². The highest BCUT2D eigenvalue weighted by Gasteiger charge is 2.36. The fourth-order valence-corrected chi connectivity index (χ4v) is 2.60. The largest absolute Gasteiger partial charge is 0.370 e. The van der Waals surface area contributed by atoms with Gasteiger partial charge in [-0.25, -0.2) is 4.98 Å². The molecule has 0 aliphatic carbocycles. The van der Waals surface area contributed by atoms with Gasteiger partial charge in [0.2, 0.25) is 5.91 Å². The van der Waals surface area contributed by atoms with Crippen LogP contribution < -0.4 is 5.32 Å². The van der Waals surface area contributed by atoms with Gasteiger partial charge in [-0.05, 0) is 24.3 Å². The van der Waals surface area contributed by atoms with Crippen molar-refractivity contribution in [3.63, 3.8) is 0 Å². The van der Waals surface area contributed by atoms with E-state index >= 15 is 0 Å². The predicted octanol–water partition coefficient (Wildman–Crippen LogP) is 2.91. The van der Waals surface area contributed by atoms with Crippen LogP contribution in [0.2, 0.25) is 0 Å². The fourth-order valence-electron chi connectivity index (χ4n) is 2.60. The van der Waals surface area contributed by atoms with Gasteiger partial charge in [0.05, 0.1) is 0 Å².